The van der Waals surface area contributed by atoms with E-state index in [9.17, 15) is 14.9 Å². The van der Waals surface area contributed by atoms with E-state index in [1.165, 1.54) is 12.1 Å². The number of nitro benzene ring substituents is 1. The zero-order valence-electron chi connectivity index (χ0n) is 13.3. The van der Waals surface area contributed by atoms with Crippen molar-refractivity contribution >= 4 is 11.7 Å². The first-order chi connectivity index (χ1) is 11.6. The maximum Gasteiger partial charge on any atom is 0.325 e. The van der Waals surface area contributed by atoms with E-state index in [1.807, 2.05) is 35.2 Å². The van der Waals surface area contributed by atoms with E-state index < -0.39 is 4.92 Å². The van der Waals surface area contributed by atoms with Gasteiger partial charge in [-0.3, -0.25) is 19.8 Å². The van der Waals surface area contributed by atoms with Crippen LogP contribution in [0.3, 0.4) is 0 Å². The van der Waals surface area contributed by atoms with E-state index in [4.69, 9.17) is 4.74 Å². The van der Waals surface area contributed by atoms with Crippen molar-refractivity contribution in [3.8, 4) is 0 Å². The number of nitro groups is 1. The Morgan fingerprint density at radius 3 is 2.42 bits per heavy atom. The average molecular weight is 326 g/mol. The molecule has 2 aromatic rings. The predicted molar refractivity (Wildman–Crippen MR) is 88.2 cm³/mol. The van der Waals surface area contributed by atoms with Crippen LogP contribution < -0.4 is 0 Å². The van der Waals surface area contributed by atoms with Crippen LogP contribution in [0.5, 0.6) is 0 Å². The third-order valence-corrected chi connectivity index (χ3v) is 4.11. The second kappa shape index (κ2) is 6.80. The van der Waals surface area contributed by atoms with Gasteiger partial charge in [-0.05, 0) is 18.1 Å². The Labute approximate surface area is 139 Å². The Kier molecular flexibility index (Phi) is 4.57. The third kappa shape index (κ3) is 3.28. The molecule has 0 amide bonds. The fraction of sp³-hybridized carbons (Fsp3) is 0.278. The number of nitrogens with zero attached hydrogens (tertiary/aromatic N) is 2. The van der Waals surface area contributed by atoms with Gasteiger partial charge in [-0.2, -0.15) is 0 Å². The van der Waals surface area contributed by atoms with Gasteiger partial charge in [0.2, 0.25) is 0 Å². The number of ether oxygens (including phenoxy) is 1. The molecule has 3 atom stereocenters. The first-order valence-corrected chi connectivity index (χ1v) is 7.82. The van der Waals surface area contributed by atoms with E-state index >= 15 is 0 Å². The van der Waals surface area contributed by atoms with Crippen LogP contribution in [0.4, 0.5) is 5.69 Å². The predicted octanol–water partition coefficient (Wildman–Crippen LogP) is 3.08. The largest absolute Gasteiger partial charge is 0.465 e. The Bertz CT molecular complexity index is 730. The number of benzene rings is 2. The number of hydrogen-bond donors (Lipinski definition) is 0. The van der Waals surface area contributed by atoms with Crippen LogP contribution in [0.1, 0.15) is 24.1 Å². The first kappa shape index (κ1) is 16.1. The summed E-state index contributed by atoms with van der Waals surface area (Å²) in [5.74, 6) is -0.253. The highest BCUT2D eigenvalue weighted by molar-refractivity contribution is 5.80. The normalized spacial score (nSPS) is 22.0. The Morgan fingerprint density at radius 1 is 1.17 bits per heavy atom. The van der Waals surface area contributed by atoms with E-state index in [2.05, 4.69) is 0 Å². The van der Waals surface area contributed by atoms with Gasteiger partial charge in [-0.1, -0.05) is 42.5 Å². The lowest BCUT2D eigenvalue weighted by molar-refractivity contribution is -0.384. The van der Waals surface area contributed by atoms with Crippen molar-refractivity contribution in [3.63, 3.8) is 0 Å². The van der Waals surface area contributed by atoms with Crippen molar-refractivity contribution in [2.45, 2.75) is 25.6 Å². The molecule has 1 heterocycles. The molecule has 6 heteroatoms. The summed E-state index contributed by atoms with van der Waals surface area (Å²) in [6.45, 7) is 2.75. The smallest absolute Gasteiger partial charge is 0.325 e. The molecule has 0 bridgehead atoms. The van der Waals surface area contributed by atoms with Crippen LogP contribution in [-0.2, 0) is 16.1 Å². The second-order valence-electron chi connectivity index (χ2n) is 5.65. The molecule has 2 aromatic carbocycles. The van der Waals surface area contributed by atoms with Gasteiger partial charge in [0.1, 0.15) is 6.04 Å². The van der Waals surface area contributed by atoms with Crippen LogP contribution >= 0.6 is 0 Å². The first-order valence-electron chi connectivity index (χ1n) is 7.82. The lowest BCUT2D eigenvalue weighted by Gasteiger charge is -2.04. The lowest BCUT2D eigenvalue weighted by Crippen LogP contribution is -2.16. The summed E-state index contributed by atoms with van der Waals surface area (Å²) in [7, 11) is 0. The van der Waals surface area contributed by atoms with Crippen LogP contribution in [0.15, 0.2) is 54.6 Å². The molecule has 0 N–H and O–H groups in total. The fourth-order valence-electron chi connectivity index (χ4n) is 2.93. The maximum atomic E-state index is 12.2. The molecule has 0 aliphatic carbocycles. The van der Waals surface area contributed by atoms with Crippen molar-refractivity contribution in [1.82, 2.24) is 4.90 Å². The van der Waals surface area contributed by atoms with Crippen LogP contribution in [0, 0.1) is 10.1 Å². The molecular weight excluding hydrogens is 308 g/mol. The number of esters is 1. The van der Waals surface area contributed by atoms with Gasteiger partial charge in [0.15, 0.2) is 0 Å². The van der Waals surface area contributed by atoms with Gasteiger partial charge >= 0.3 is 5.97 Å². The summed E-state index contributed by atoms with van der Waals surface area (Å²) < 4.78 is 5.16. The van der Waals surface area contributed by atoms with Gasteiger partial charge in [-0.25, -0.2) is 0 Å². The molecular formula is C18H18N2O4. The molecule has 1 fully saturated rings. The molecule has 1 aliphatic heterocycles. The molecule has 124 valence electrons. The summed E-state index contributed by atoms with van der Waals surface area (Å²) in [6, 6.07) is 15.8. The quantitative estimate of drug-likeness (QED) is 0.353. The SMILES string of the molecule is CCOC(=O)[C@@H]1[C@@H](c2ccc([N+](=O)[O-])cc2)N1Cc1ccccc1. The molecule has 1 saturated heterocycles. The highest BCUT2D eigenvalue weighted by Crippen LogP contribution is 2.45. The lowest BCUT2D eigenvalue weighted by atomic mass is 10.1. The topological polar surface area (TPSA) is 72.5 Å². The summed E-state index contributed by atoms with van der Waals surface area (Å²) in [5, 5.41) is 10.8. The molecule has 3 rings (SSSR count). The van der Waals surface area contributed by atoms with Crippen molar-refractivity contribution in [2.75, 3.05) is 6.61 Å². The maximum absolute atomic E-state index is 12.2. The molecule has 0 aromatic heterocycles. The number of hydrogen-bond acceptors (Lipinski definition) is 5. The molecule has 6 nitrogen and oxygen atoms in total. The monoisotopic (exact) mass is 326 g/mol. The summed E-state index contributed by atoms with van der Waals surface area (Å²) in [6.07, 6.45) is 0. The number of carbonyl (C=O) groups excluding carboxylic acids is 1. The van der Waals surface area contributed by atoms with Crippen LogP contribution in [-0.4, -0.2) is 28.4 Å². The number of carbonyl (C=O) groups is 1. The standard InChI is InChI=1S/C18H18N2O4/c1-2-24-18(21)17-16(14-8-10-15(11-9-14)20(22)23)19(17)12-13-6-4-3-5-7-13/h3-11,16-17H,2,12H2,1H3/t16-,17+,19?/m1/s1. The summed E-state index contributed by atoms with van der Waals surface area (Å²) in [5.41, 5.74) is 2.03. The molecule has 1 unspecified atom stereocenters. The zero-order chi connectivity index (χ0) is 17.1. The fourth-order valence-corrected chi connectivity index (χ4v) is 2.93. The minimum Gasteiger partial charge on any atom is -0.465 e. The van der Waals surface area contributed by atoms with Gasteiger partial charge in [0, 0.05) is 18.7 Å². The zero-order valence-corrected chi connectivity index (χ0v) is 13.3. The van der Waals surface area contributed by atoms with Crippen molar-refractivity contribution < 1.29 is 14.5 Å². The van der Waals surface area contributed by atoms with Crippen molar-refractivity contribution in [3.05, 3.63) is 75.8 Å². The van der Waals surface area contributed by atoms with Gasteiger partial charge in [0.25, 0.3) is 5.69 Å². The highest BCUT2D eigenvalue weighted by atomic mass is 16.6. The van der Waals surface area contributed by atoms with E-state index in [0.717, 1.165) is 11.1 Å². The average Bonchev–Trinajstić information content (AvgIpc) is 3.30. The molecule has 1 aliphatic rings. The number of non-ortho nitro benzene ring substituents is 1. The van der Waals surface area contributed by atoms with E-state index in [0.29, 0.717) is 13.2 Å². The Hall–Kier alpha value is -2.73. The number of rotatable bonds is 6. The molecule has 0 saturated carbocycles. The molecule has 0 radical (unpaired) electrons. The summed E-state index contributed by atoms with van der Waals surface area (Å²) >= 11 is 0. The Morgan fingerprint density at radius 2 is 1.83 bits per heavy atom. The molecule has 24 heavy (non-hydrogen) atoms. The van der Waals surface area contributed by atoms with Crippen LogP contribution in [0.2, 0.25) is 0 Å². The second-order valence-corrected chi connectivity index (χ2v) is 5.65. The Balaban J connectivity index is 1.80. The minimum absolute atomic E-state index is 0.0432. The molecule has 0 spiro atoms. The van der Waals surface area contributed by atoms with Crippen LogP contribution in [0.25, 0.3) is 0 Å². The van der Waals surface area contributed by atoms with E-state index in [-0.39, 0.29) is 23.7 Å². The van der Waals surface area contributed by atoms with Crippen molar-refractivity contribution in [1.29, 1.82) is 0 Å². The highest BCUT2D eigenvalue weighted by Gasteiger charge is 2.54. The minimum atomic E-state index is -0.429. The van der Waals surface area contributed by atoms with Gasteiger partial charge in [-0.15, -0.1) is 0 Å². The van der Waals surface area contributed by atoms with E-state index in [1.54, 1.807) is 19.1 Å². The van der Waals surface area contributed by atoms with Crippen molar-refractivity contribution in [2.24, 2.45) is 0 Å². The summed E-state index contributed by atoms with van der Waals surface area (Å²) in [4.78, 5) is 24.6. The third-order valence-electron chi connectivity index (χ3n) is 4.11. The van der Waals surface area contributed by atoms with Gasteiger partial charge in [0.05, 0.1) is 17.6 Å². The van der Waals surface area contributed by atoms with Gasteiger partial charge < -0.3 is 4.74 Å².